The zero-order valence-electron chi connectivity index (χ0n) is 13.4. The molecule has 0 fully saturated rings. The first-order valence-corrected chi connectivity index (χ1v) is 8.89. The van der Waals surface area contributed by atoms with Crippen LogP contribution in [0.15, 0.2) is 59.9 Å². The normalized spacial score (nSPS) is 11.8. The van der Waals surface area contributed by atoms with Crippen LogP contribution in [0.25, 0.3) is 0 Å². The van der Waals surface area contributed by atoms with Crippen molar-refractivity contribution in [3.63, 3.8) is 0 Å². The fourth-order valence-corrected chi connectivity index (χ4v) is 2.89. The quantitative estimate of drug-likeness (QED) is 0.741. The summed E-state index contributed by atoms with van der Waals surface area (Å²) in [6, 6.07) is 13.1. The molecule has 7 heteroatoms. The molecule has 0 saturated carbocycles. The van der Waals surface area contributed by atoms with Gasteiger partial charge in [0.15, 0.2) is 0 Å². The minimum atomic E-state index is -1.09. The smallest absolute Gasteiger partial charge is 0.137 e. The van der Waals surface area contributed by atoms with Gasteiger partial charge in [-0.1, -0.05) is 12.1 Å². The monoisotopic (exact) mass is 339 g/mol. The maximum Gasteiger partial charge on any atom is 0.137 e. The number of aromatic nitrogens is 3. The number of rotatable bonds is 5. The summed E-state index contributed by atoms with van der Waals surface area (Å²) in [7, 11) is -1.09. The predicted molar refractivity (Wildman–Crippen MR) is 96.3 cm³/mol. The maximum atomic E-state index is 11.8. The number of anilines is 4. The standard InChI is InChI=1S/C17H17N5OS/c1-12-7-8-18-15(9-12)22-17-10-16(19-11-20-17)21-13-5-3-4-6-14(13)24(2)23/h3-11H,1-2H3,(H2,18,19,20,21,22). The van der Waals surface area contributed by atoms with Gasteiger partial charge in [0.25, 0.3) is 0 Å². The van der Waals surface area contributed by atoms with Crippen molar-refractivity contribution in [2.75, 3.05) is 16.9 Å². The van der Waals surface area contributed by atoms with Crippen LogP contribution in [-0.2, 0) is 10.8 Å². The molecule has 2 N–H and O–H groups in total. The Morgan fingerprint density at radius 1 is 0.917 bits per heavy atom. The van der Waals surface area contributed by atoms with Crippen molar-refractivity contribution in [3.8, 4) is 0 Å². The molecule has 1 aromatic carbocycles. The zero-order chi connectivity index (χ0) is 16.9. The molecule has 3 aromatic rings. The van der Waals surface area contributed by atoms with E-state index in [0.29, 0.717) is 11.6 Å². The van der Waals surface area contributed by atoms with Crippen molar-refractivity contribution in [3.05, 3.63) is 60.6 Å². The first-order valence-electron chi connectivity index (χ1n) is 7.33. The second-order valence-electron chi connectivity index (χ2n) is 5.21. The molecule has 3 rings (SSSR count). The third kappa shape index (κ3) is 3.94. The van der Waals surface area contributed by atoms with Crippen LogP contribution < -0.4 is 10.6 Å². The van der Waals surface area contributed by atoms with Crippen molar-refractivity contribution in [1.29, 1.82) is 0 Å². The second kappa shape index (κ2) is 7.18. The van der Waals surface area contributed by atoms with Crippen LogP contribution in [-0.4, -0.2) is 25.4 Å². The molecule has 122 valence electrons. The van der Waals surface area contributed by atoms with Crippen LogP contribution in [0.2, 0.25) is 0 Å². The molecule has 0 aliphatic carbocycles. The van der Waals surface area contributed by atoms with Gasteiger partial charge in [0, 0.05) is 18.5 Å². The lowest BCUT2D eigenvalue weighted by Crippen LogP contribution is -2.01. The number of nitrogens with zero attached hydrogens (tertiary/aromatic N) is 3. The van der Waals surface area contributed by atoms with Gasteiger partial charge in [-0.15, -0.1) is 0 Å². The average Bonchev–Trinajstić information content (AvgIpc) is 2.55. The van der Waals surface area contributed by atoms with Crippen LogP contribution in [0.5, 0.6) is 0 Å². The van der Waals surface area contributed by atoms with E-state index >= 15 is 0 Å². The van der Waals surface area contributed by atoms with E-state index in [1.54, 1.807) is 18.5 Å². The molecule has 6 nitrogen and oxygen atoms in total. The lowest BCUT2D eigenvalue weighted by molar-refractivity contribution is 0.687. The SMILES string of the molecule is Cc1ccnc(Nc2cc(Nc3ccccc3S(C)=O)ncn2)c1. The van der Waals surface area contributed by atoms with E-state index in [9.17, 15) is 4.21 Å². The highest BCUT2D eigenvalue weighted by atomic mass is 32.2. The van der Waals surface area contributed by atoms with Crippen LogP contribution in [0.4, 0.5) is 23.1 Å². The van der Waals surface area contributed by atoms with Crippen molar-refractivity contribution >= 4 is 33.9 Å². The molecule has 0 aliphatic rings. The van der Waals surface area contributed by atoms with Gasteiger partial charge in [-0.05, 0) is 36.8 Å². The van der Waals surface area contributed by atoms with Crippen molar-refractivity contribution in [2.45, 2.75) is 11.8 Å². The summed E-state index contributed by atoms with van der Waals surface area (Å²) in [5.74, 6) is 1.95. The lowest BCUT2D eigenvalue weighted by Gasteiger charge is -2.11. The number of pyridine rings is 1. The zero-order valence-corrected chi connectivity index (χ0v) is 14.2. The molecule has 2 heterocycles. The van der Waals surface area contributed by atoms with Gasteiger partial charge in [0.2, 0.25) is 0 Å². The highest BCUT2D eigenvalue weighted by molar-refractivity contribution is 7.84. The summed E-state index contributed by atoms with van der Waals surface area (Å²) in [5, 5.41) is 6.33. The Morgan fingerprint density at radius 3 is 2.38 bits per heavy atom. The van der Waals surface area contributed by atoms with Crippen LogP contribution in [0.1, 0.15) is 5.56 Å². The van der Waals surface area contributed by atoms with E-state index in [2.05, 4.69) is 25.6 Å². The average molecular weight is 339 g/mol. The highest BCUT2D eigenvalue weighted by Gasteiger charge is 2.07. The van der Waals surface area contributed by atoms with Crippen molar-refractivity contribution in [1.82, 2.24) is 15.0 Å². The van der Waals surface area contributed by atoms with Crippen molar-refractivity contribution < 1.29 is 4.21 Å². The van der Waals surface area contributed by atoms with Gasteiger partial charge in [-0.2, -0.15) is 0 Å². The number of benzene rings is 1. The van der Waals surface area contributed by atoms with Crippen LogP contribution >= 0.6 is 0 Å². The van der Waals surface area contributed by atoms with Gasteiger partial charge in [-0.25, -0.2) is 15.0 Å². The third-order valence-electron chi connectivity index (χ3n) is 3.30. The molecule has 0 saturated heterocycles. The number of para-hydroxylation sites is 1. The Balaban J connectivity index is 1.82. The fourth-order valence-electron chi connectivity index (χ4n) is 2.19. The first kappa shape index (κ1) is 16.1. The Kier molecular flexibility index (Phi) is 4.81. The Bertz CT molecular complexity index is 884. The van der Waals surface area contributed by atoms with Gasteiger partial charge >= 0.3 is 0 Å². The Hall–Kier alpha value is -2.80. The van der Waals surface area contributed by atoms with Crippen LogP contribution in [0.3, 0.4) is 0 Å². The van der Waals surface area contributed by atoms with E-state index in [0.717, 1.165) is 22.0 Å². The highest BCUT2D eigenvalue weighted by Crippen LogP contribution is 2.23. The summed E-state index contributed by atoms with van der Waals surface area (Å²) in [5.41, 5.74) is 1.87. The van der Waals surface area contributed by atoms with Crippen LogP contribution in [0, 0.1) is 6.92 Å². The molecule has 1 atom stereocenters. The van der Waals surface area contributed by atoms with Gasteiger partial charge in [0.05, 0.1) is 21.4 Å². The molecule has 0 aliphatic heterocycles. The number of aryl methyl sites for hydroxylation is 1. The largest absolute Gasteiger partial charge is 0.339 e. The maximum absolute atomic E-state index is 11.8. The molecule has 0 amide bonds. The van der Waals surface area contributed by atoms with E-state index < -0.39 is 10.8 Å². The van der Waals surface area contributed by atoms with Gasteiger partial charge in [-0.3, -0.25) is 4.21 Å². The number of hydrogen-bond acceptors (Lipinski definition) is 6. The molecule has 0 radical (unpaired) electrons. The summed E-state index contributed by atoms with van der Waals surface area (Å²) in [4.78, 5) is 13.4. The molecule has 0 spiro atoms. The Morgan fingerprint density at radius 2 is 1.62 bits per heavy atom. The second-order valence-corrected chi connectivity index (χ2v) is 6.56. The molecule has 2 aromatic heterocycles. The fraction of sp³-hybridized carbons (Fsp3) is 0.118. The van der Waals surface area contributed by atoms with E-state index in [-0.39, 0.29) is 0 Å². The third-order valence-corrected chi connectivity index (χ3v) is 4.27. The summed E-state index contributed by atoms with van der Waals surface area (Å²) < 4.78 is 11.8. The van der Waals surface area contributed by atoms with Gasteiger partial charge < -0.3 is 10.6 Å². The molecular formula is C17H17N5OS. The predicted octanol–water partition coefficient (Wildman–Crippen LogP) is 3.40. The topological polar surface area (TPSA) is 79.8 Å². The summed E-state index contributed by atoms with van der Waals surface area (Å²) in [6.45, 7) is 2.00. The lowest BCUT2D eigenvalue weighted by atomic mass is 10.3. The minimum absolute atomic E-state index is 0.609. The first-order chi connectivity index (χ1) is 11.6. The van der Waals surface area contributed by atoms with E-state index in [1.807, 2.05) is 43.3 Å². The minimum Gasteiger partial charge on any atom is -0.339 e. The molecule has 0 bridgehead atoms. The van der Waals surface area contributed by atoms with E-state index in [4.69, 9.17) is 0 Å². The Labute approximate surface area is 142 Å². The van der Waals surface area contributed by atoms with E-state index in [1.165, 1.54) is 6.33 Å². The molecular weight excluding hydrogens is 322 g/mol. The molecule has 24 heavy (non-hydrogen) atoms. The number of nitrogens with one attached hydrogen (secondary N) is 2. The molecule has 1 unspecified atom stereocenters. The summed E-state index contributed by atoms with van der Waals surface area (Å²) >= 11 is 0. The number of hydrogen-bond donors (Lipinski definition) is 2. The summed E-state index contributed by atoms with van der Waals surface area (Å²) in [6.07, 6.45) is 4.85. The van der Waals surface area contributed by atoms with Crippen molar-refractivity contribution in [2.24, 2.45) is 0 Å². The van der Waals surface area contributed by atoms with Gasteiger partial charge in [0.1, 0.15) is 23.8 Å².